The zero-order chi connectivity index (χ0) is 13.7. The van der Waals surface area contributed by atoms with Crippen LogP contribution in [0.25, 0.3) is 0 Å². The third-order valence-corrected chi connectivity index (χ3v) is 2.68. The molecule has 1 aromatic carbocycles. The minimum absolute atomic E-state index is 0.0470. The Hall–Kier alpha value is -2.56. The van der Waals surface area contributed by atoms with E-state index in [-0.39, 0.29) is 5.84 Å². The fraction of sp³-hybridized carbons (Fsp3) is 0.143. The van der Waals surface area contributed by atoms with Gasteiger partial charge in [0.25, 0.3) is 0 Å². The van der Waals surface area contributed by atoms with Crippen LogP contribution in [0.3, 0.4) is 0 Å². The predicted molar refractivity (Wildman–Crippen MR) is 72.6 cm³/mol. The molecule has 1 aromatic heterocycles. The number of oxime groups is 1. The van der Waals surface area contributed by atoms with Gasteiger partial charge in [0.2, 0.25) is 0 Å². The summed E-state index contributed by atoms with van der Waals surface area (Å²) in [7, 11) is 0. The molecule has 0 amide bonds. The van der Waals surface area contributed by atoms with E-state index in [2.05, 4.69) is 17.1 Å². The van der Waals surface area contributed by atoms with Crippen molar-refractivity contribution in [2.45, 2.75) is 13.3 Å². The van der Waals surface area contributed by atoms with Crippen LogP contribution in [0.2, 0.25) is 0 Å². The van der Waals surface area contributed by atoms with E-state index < -0.39 is 0 Å². The summed E-state index contributed by atoms with van der Waals surface area (Å²) in [5, 5.41) is 11.6. The van der Waals surface area contributed by atoms with Crippen molar-refractivity contribution in [1.82, 2.24) is 4.98 Å². The van der Waals surface area contributed by atoms with Gasteiger partial charge in [0.05, 0.1) is 0 Å². The van der Waals surface area contributed by atoms with E-state index in [1.54, 1.807) is 18.3 Å². The highest BCUT2D eigenvalue weighted by atomic mass is 16.5. The highest BCUT2D eigenvalue weighted by Crippen LogP contribution is 2.25. The quantitative estimate of drug-likeness (QED) is 0.381. The van der Waals surface area contributed by atoms with Gasteiger partial charge in [-0.1, -0.05) is 30.3 Å². The maximum atomic E-state index is 8.63. The standard InChI is InChI=1S/C14H15N3O2/c1-2-10-5-3-4-6-13(10)19-11-7-8-16-12(9-11)14(15)17-18/h3-9,18H,2H2,1H3,(H2,15,17). The summed E-state index contributed by atoms with van der Waals surface area (Å²) in [6.45, 7) is 2.07. The van der Waals surface area contributed by atoms with Gasteiger partial charge in [-0.05, 0) is 24.1 Å². The molecular weight excluding hydrogens is 242 g/mol. The van der Waals surface area contributed by atoms with Crippen LogP contribution >= 0.6 is 0 Å². The Morgan fingerprint density at radius 2 is 2.16 bits per heavy atom. The Balaban J connectivity index is 2.28. The number of nitrogens with two attached hydrogens (primary N) is 1. The fourth-order valence-corrected chi connectivity index (χ4v) is 1.69. The lowest BCUT2D eigenvalue weighted by Crippen LogP contribution is -2.14. The van der Waals surface area contributed by atoms with Crippen molar-refractivity contribution in [3.05, 3.63) is 53.9 Å². The van der Waals surface area contributed by atoms with Crippen molar-refractivity contribution < 1.29 is 9.94 Å². The van der Waals surface area contributed by atoms with Crippen molar-refractivity contribution in [1.29, 1.82) is 0 Å². The summed E-state index contributed by atoms with van der Waals surface area (Å²) in [6.07, 6.45) is 2.44. The molecular formula is C14H15N3O2. The van der Waals surface area contributed by atoms with Crippen LogP contribution < -0.4 is 10.5 Å². The molecule has 2 aromatic rings. The van der Waals surface area contributed by atoms with E-state index in [1.807, 2.05) is 24.3 Å². The number of aryl methyl sites for hydroxylation is 1. The fourth-order valence-electron chi connectivity index (χ4n) is 1.69. The summed E-state index contributed by atoms with van der Waals surface area (Å²) in [4.78, 5) is 4.00. The smallest absolute Gasteiger partial charge is 0.188 e. The number of amidine groups is 1. The number of rotatable bonds is 4. The SMILES string of the molecule is CCc1ccccc1Oc1ccnc(C(N)=NO)c1. The van der Waals surface area contributed by atoms with E-state index in [4.69, 9.17) is 15.7 Å². The van der Waals surface area contributed by atoms with Gasteiger partial charge in [-0.3, -0.25) is 4.98 Å². The maximum Gasteiger partial charge on any atom is 0.188 e. The average Bonchev–Trinajstić information content (AvgIpc) is 2.47. The summed E-state index contributed by atoms with van der Waals surface area (Å²) >= 11 is 0. The van der Waals surface area contributed by atoms with Gasteiger partial charge < -0.3 is 15.7 Å². The summed E-state index contributed by atoms with van der Waals surface area (Å²) < 4.78 is 5.80. The number of hydrogen-bond donors (Lipinski definition) is 2. The molecule has 3 N–H and O–H groups in total. The number of para-hydroxylation sites is 1. The van der Waals surface area contributed by atoms with Crippen LogP contribution in [0.1, 0.15) is 18.2 Å². The maximum absolute atomic E-state index is 8.63. The first-order valence-corrected chi connectivity index (χ1v) is 5.94. The number of aromatic nitrogens is 1. The number of hydrogen-bond acceptors (Lipinski definition) is 4. The molecule has 2 rings (SSSR count). The van der Waals surface area contributed by atoms with E-state index >= 15 is 0 Å². The predicted octanol–water partition coefficient (Wildman–Crippen LogP) is 2.53. The second-order valence-corrected chi connectivity index (χ2v) is 3.93. The zero-order valence-electron chi connectivity index (χ0n) is 10.6. The van der Waals surface area contributed by atoms with Crippen LogP contribution in [0.5, 0.6) is 11.5 Å². The van der Waals surface area contributed by atoms with Crippen molar-refractivity contribution in [2.75, 3.05) is 0 Å². The molecule has 1 heterocycles. The van der Waals surface area contributed by atoms with Crippen molar-refractivity contribution in [3.8, 4) is 11.5 Å². The summed E-state index contributed by atoms with van der Waals surface area (Å²) in [6, 6.07) is 11.2. The second kappa shape index (κ2) is 5.86. The van der Waals surface area contributed by atoms with Crippen LogP contribution in [0.15, 0.2) is 47.8 Å². The topological polar surface area (TPSA) is 80.7 Å². The van der Waals surface area contributed by atoms with Gasteiger partial charge in [-0.15, -0.1) is 0 Å². The molecule has 0 radical (unpaired) electrons. The molecule has 5 nitrogen and oxygen atoms in total. The Bertz CT molecular complexity index is 597. The van der Waals surface area contributed by atoms with Crippen molar-refractivity contribution in [2.24, 2.45) is 10.9 Å². The van der Waals surface area contributed by atoms with Gasteiger partial charge >= 0.3 is 0 Å². The molecule has 0 atom stereocenters. The minimum Gasteiger partial charge on any atom is -0.457 e. The first-order chi connectivity index (χ1) is 9.24. The first-order valence-electron chi connectivity index (χ1n) is 5.94. The molecule has 0 aliphatic rings. The van der Waals surface area contributed by atoms with E-state index in [1.165, 1.54) is 0 Å². The van der Waals surface area contributed by atoms with Crippen LogP contribution in [0.4, 0.5) is 0 Å². The Morgan fingerprint density at radius 3 is 2.89 bits per heavy atom. The van der Waals surface area contributed by atoms with Crippen LogP contribution in [0, 0.1) is 0 Å². The Labute approximate surface area is 111 Å². The van der Waals surface area contributed by atoms with E-state index in [9.17, 15) is 0 Å². The lowest BCUT2D eigenvalue weighted by Gasteiger charge is -2.10. The Kier molecular flexibility index (Phi) is 3.97. The highest BCUT2D eigenvalue weighted by Gasteiger charge is 2.06. The van der Waals surface area contributed by atoms with Crippen molar-refractivity contribution >= 4 is 5.84 Å². The molecule has 0 unspecified atom stereocenters. The molecule has 0 spiro atoms. The number of benzene rings is 1. The lowest BCUT2D eigenvalue weighted by atomic mass is 10.1. The van der Waals surface area contributed by atoms with Crippen molar-refractivity contribution in [3.63, 3.8) is 0 Å². The highest BCUT2D eigenvalue weighted by molar-refractivity contribution is 5.95. The normalized spacial score (nSPS) is 11.3. The molecule has 0 aliphatic heterocycles. The first kappa shape index (κ1) is 12.9. The third-order valence-electron chi connectivity index (χ3n) is 2.68. The number of pyridine rings is 1. The molecule has 0 fully saturated rings. The number of nitrogens with zero attached hydrogens (tertiary/aromatic N) is 2. The molecule has 5 heteroatoms. The van der Waals surface area contributed by atoms with Gasteiger partial charge in [0.1, 0.15) is 17.2 Å². The average molecular weight is 257 g/mol. The molecule has 0 bridgehead atoms. The molecule has 0 saturated heterocycles. The van der Waals surface area contributed by atoms with E-state index in [0.29, 0.717) is 11.4 Å². The molecule has 19 heavy (non-hydrogen) atoms. The van der Waals surface area contributed by atoms with Gasteiger partial charge in [0.15, 0.2) is 5.84 Å². The molecule has 98 valence electrons. The second-order valence-electron chi connectivity index (χ2n) is 3.93. The van der Waals surface area contributed by atoms with Crippen LogP contribution in [-0.4, -0.2) is 16.0 Å². The van der Waals surface area contributed by atoms with E-state index in [0.717, 1.165) is 17.7 Å². The zero-order valence-corrected chi connectivity index (χ0v) is 10.6. The van der Waals surface area contributed by atoms with Gasteiger partial charge in [0, 0.05) is 12.3 Å². The molecule has 0 saturated carbocycles. The lowest BCUT2D eigenvalue weighted by molar-refractivity contribution is 0.318. The van der Waals surface area contributed by atoms with Gasteiger partial charge in [-0.25, -0.2) is 0 Å². The monoisotopic (exact) mass is 257 g/mol. The molecule has 0 aliphatic carbocycles. The summed E-state index contributed by atoms with van der Waals surface area (Å²) in [5.41, 5.74) is 6.98. The number of ether oxygens (including phenoxy) is 1. The third kappa shape index (κ3) is 3.01. The summed E-state index contributed by atoms with van der Waals surface area (Å²) in [5.74, 6) is 1.34. The van der Waals surface area contributed by atoms with Crippen LogP contribution in [-0.2, 0) is 6.42 Å². The van der Waals surface area contributed by atoms with Gasteiger partial charge in [-0.2, -0.15) is 0 Å². The minimum atomic E-state index is -0.0470. The Morgan fingerprint density at radius 1 is 1.37 bits per heavy atom. The largest absolute Gasteiger partial charge is 0.457 e.